The van der Waals surface area contributed by atoms with Crippen LogP contribution in [-0.2, 0) is 16.3 Å². The molecule has 4 aromatic rings. The van der Waals surface area contributed by atoms with Crippen LogP contribution in [0, 0.1) is 30.1 Å². The highest BCUT2D eigenvalue weighted by Gasteiger charge is 2.33. The summed E-state index contributed by atoms with van der Waals surface area (Å²) in [5.41, 5.74) is 1.85. The quantitative estimate of drug-likeness (QED) is 0.252. The lowest BCUT2D eigenvalue weighted by molar-refractivity contribution is 0.374. The molecule has 0 spiro atoms. The van der Waals surface area contributed by atoms with E-state index in [-0.39, 0.29) is 16.6 Å². The van der Waals surface area contributed by atoms with Crippen LogP contribution in [0.1, 0.15) is 62.3 Å². The van der Waals surface area contributed by atoms with Gasteiger partial charge in [0.1, 0.15) is 5.82 Å². The number of aromatic hydroxyl groups is 1. The molecule has 0 saturated heterocycles. The Bertz CT molecular complexity index is 1790. The van der Waals surface area contributed by atoms with Crippen LogP contribution in [0.3, 0.4) is 0 Å². The predicted octanol–water partition coefficient (Wildman–Crippen LogP) is 5.75. The fourth-order valence-corrected chi connectivity index (χ4v) is 6.32. The summed E-state index contributed by atoms with van der Waals surface area (Å²) in [5, 5.41) is 20.3. The second-order valence-corrected chi connectivity index (χ2v) is 12.1. The van der Waals surface area contributed by atoms with Crippen molar-refractivity contribution in [3.63, 3.8) is 0 Å². The molecule has 10 heteroatoms. The average molecular weight is 575 g/mol. The Morgan fingerprint density at radius 2 is 1.78 bits per heavy atom. The van der Waals surface area contributed by atoms with Gasteiger partial charge in [0.05, 0.1) is 22.6 Å². The van der Waals surface area contributed by atoms with Crippen LogP contribution in [0.5, 0.6) is 5.88 Å². The van der Waals surface area contributed by atoms with Crippen LogP contribution >= 0.6 is 0 Å². The van der Waals surface area contributed by atoms with Crippen LogP contribution in [0.25, 0.3) is 11.1 Å². The summed E-state index contributed by atoms with van der Waals surface area (Å²) >= 11 is 0. The van der Waals surface area contributed by atoms with Gasteiger partial charge in [0.15, 0.2) is 4.90 Å². The van der Waals surface area contributed by atoms with Crippen molar-refractivity contribution >= 4 is 9.84 Å². The third-order valence-electron chi connectivity index (χ3n) is 6.95. The van der Waals surface area contributed by atoms with E-state index in [1.165, 1.54) is 34.9 Å². The number of aryl methyl sites for hydroxylation is 2. The standard InChI is InChI=1S/C31H31FN4O4S/c1-5-6-10-27-35-30(37)29(31(38)36(27)28(19(2)3)23-9-7-8-21(17-23)18-33)41(39,40)24-13-11-22(12-14-24)25-15-16-26(32)34-20(25)4/h7-9,11-17,19,28,37H,5-6,10H2,1-4H3/t28-/m0/s1. The molecule has 0 unspecified atom stereocenters. The number of pyridine rings is 1. The van der Waals surface area contributed by atoms with Crippen LogP contribution < -0.4 is 5.56 Å². The van der Waals surface area contributed by atoms with Gasteiger partial charge in [-0.1, -0.05) is 51.5 Å². The summed E-state index contributed by atoms with van der Waals surface area (Å²) in [7, 11) is -4.50. The first-order valence-electron chi connectivity index (χ1n) is 13.3. The molecule has 0 amide bonds. The molecule has 0 fully saturated rings. The van der Waals surface area contributed by atoms with Gasteiger partial charge in [-0.25, -0.2) is 13.4 Å². The number of unbranched alkanes of at least 4 members (excludes halogenated alkanes) is 1. The molecule has 212 valence electrons. The topological polar surface area (TPSA) is 126 Å². The van der Waals surface area contributed by atoms with E-state index in [9.17, 15) is 28.0 Å². The number of halogens is 1. The van der Waals surface area contributed by atoms with Gasteiger partial charge in [-0.15, -0.1) is 0 Å². The number of rotatable bonds is 9. The van der Waals surface area contributed by atoms with Gasteiger partial charge in [0, 0.05) is 17.7 Å². The Morgan fingerprint density at radius 1 is 1.07 bits per heavy atom. The molecule has 0 aliphatic rings. The second kappa shape index (κ2) is 12.0. The zero-order chi connectivity index (χ0) is 29.9. The Hall–Kier alpha value is -4.36. The van der Waals surface area contributed by atoms with Crippen LogP contribution in [0.2, 0.25) is 0 Å². The molecular formula is C31H31FN4O4S. The van der Waals surface area contributed by atoms with E-state index in [0.717, 1.165) is 6.42 Å². The van der Waals surface area contributed by atoms with Crippen molar-refractivity contribution in [1.29, 1.82) is 5.26 Å². The first-order valence-corrected chi connectivity index (χ1v) is 14.8. The predicted molar refractivity (Wildman–Crippen MR) is 153 cm³/mol. The molecule has 41 heavy (non-hydrogen) atoms. The molecule has 8 nitrogen and oxygen atoms in total. The number of aromatic nitrogens is 3. The molecule has 0 radical (unpaired) electrons. The number of hydrogen-bond acceptors (Lipinski definition) is 7. The SMILES string of the molecule is CCCCc1nc(O)c(S(=O)(=O)c2ccc(-c3ccc(F)nc3C)cc2)c(=O)n1[C@H](c1cccc(C#N)c1)C(C)C. The van der Waals surface area contributed by atoms with Gasteiger partial charge < -0.3 is 5.11 Å². The fourth-order valence-electron chi connectivity index (χ4n) is 4.97. The lowest BCUT2D eigenvalue weighted by Crippen LogP contribution is -2.35. The van der Waals surface area contributed by atoms with Crippen molar-refractivity contribution in [2.45, 2.75) is 62.8 Å². The average Bonchev–Trinajstić information content (AvgIpc) is 2.93. The summed E-state index contributed by atoms with van der Waals surface area (Å²) in [4.78, 5) is 21.1. The lowest BCUT2D eigenvalue weighted by Gasteiger charge is -2.27. The van der Waals surface area contributed by atoms with Gasteiger partial charge >= 0.3 is 0 Å². The van der Waals surface area contributed by atoms with E-state index in [2.05, 4.69) is 16.0 Å². The van der Waals surface area contributed by atoms with Crippen LogP contribution in [-0.4, -0.2) is 28.1 Å². The van der Waals surface area contributed by atoms with Gasteiger partial charge in [0.25, 0.3) is 5.56 Å². The molecule has 0 aliphatic heterocycles. The van der Waals surface area contributed by atoms with E-state index in [1.54, 1.807) is 37.3 Å². The molecule has 0 saturated carbocycles. The number of sulfone groups is 1. The van der Waals surface area contributed by atoms with Crippen molar-refractivity contribution in [2.24, 2.45) is 5.92 Å². The summed E-state index contributed by atoms with van der Waals surface area (Å²) in [6.07, 6.45) is 1.81. The van der Waals surface area contributed by atoms with Crippen molar-refractivity contribution in [1.82, 2.24) is 14.5 Å². The van der Waals surface area contributed by atoms with Gasteiger partial charge in [-0.3, -0.25) is 9.36 Å². The maximum atomic E-state index is 14.1. The van der Waals surface area contributed by atoms with Crippen molar-refractivity contribution in [3.05, 3.63) is 99.6 Å². The molecular weight excluding hydrogens is 543 g/mol. The molecule has 0 bridgehead atoms. The Labute approximate surface area is 238 Å². The minimum absolute atomic E-state index is 0.184. The highest BCUT2D eigenvalue weighted by atomic mass is 32.2. The molecule has 2 aromatic heterocycles. The summed E-state index contributed by atoms with van der Waals surface area (Å²) in [6.45, 7) is 7.41. The highest BCUT2D eigenvalue weighted by molar-refractivity contribution is 7.91. The number of benzene rings is 2. The first-order chi connectivity index (χ1) is 19.5. The maximum Gasteiger partial charge on any atom is 0.277 e. The number of nitriles is 1. The number of nitrogens with zero attached hydrogens (tertiary/aromatic N) is 4. The molecule has 4 rings (SSSR count). The monoisotopic (exact) mass is 574 g/mol. The van der Waals surface area contributed by atoms with Crippen molar-refractivity contribution in [2.75, 3.05) is 0 Å². The largest absolute Gasteiger partial charge is 0.492 e. The Kier molecular flexibility index (Phi) is 8.69. The lowest BCUT2D eigenvalue weighted by atomic mass is 9.94. The minimum atomic E-state index is -4.50. The second-order valence-electron chi connectivity index (χ2n) is 10.2. The van der Waals surface area contributed by atoms with Crippen molar-refractivity contribution in [3.8, 4) is 23.1 Å². The van der Waals surface area contributed by atoms with Crippen LogP contribution in [0.15, 0.2) is 75.2 Å². The minimum Gasteiger partial charge on any atom is -0.492 e. The smallest absolute Gasteiger partial charge is 0.277 e. The number of hydrogen-bond donors (Lipinski definition) is 1. The molecule has 0 aliphatic carbocycles. The zero-order valence-electron chi connectivity index (χ0n) is 23.3. The normalized spacial score (nSPS) is 12.3. The molecule has 2 aromatic carbocycles. The van der Waals surface area contributed by atoms with Gasteiger partial charge in [-0.2, -0.15) is 14.6 Å². The molecule has 1 atom stereocenters. The molecule has 2 heterocycles. The summed E-state index contributed by atoms with van der Waals surface area (Å²) in [6, 6.07) is 16.8. The van der Waals surface area contributed by atoms with Crippen molar-refractivity contribution < 1.29 is 17.9 Å². The van der Waals surface area contributed by atoms with E-state index in [4.69, 9.17) is 0 Å². The van der Waals surface area contributed by atoms with Crippen LogP contribution in [0.4, 0.5) is 4.39 Å². The van der Waals surface area contributed by atoms with E-state index >= 15 is 0 Å². The van der Waals surface area contributed by atoms with E-state index in [1.807, 2.05) is 20.8 Å². The third-order valence-corrected chi connectivity index (χ3v) is 8.73. The Balaban J connectivity index is 1.90. The molecule has 1 N–H and O–H groups in total. The summed E-state index contributed by atoms with van der Waals surface area (Å²) < 4.78 is 42.5. The van der Waals surface area contributed by atoms with E-state index in [0.29, 0.717) is 40.8 Å². The first kappa shape index (κ1) is 29.6. The highest BCUT2D eigenvalue weighted by Crippen LogP contribution is 2.32. The van der Waals surface area contributed by atoms with Gasteiger partial charge in [0.2, 0.25) is 21.7 Å². The fraction of sp³-hybridized carbons (Fsp3) is 0.290. The van der Waals surface area contributed by atoms with Gasteiger partial charge in [-0.05, 0) is 66.8 Å². The third kappa shape index (κ3) is 5.91. The van der Waals surface area contributed by atoms with E-state index < -0.39 is 38.2 Å². The summed E-state index contributed by atoms with van der Waals surface area (Å²) in [5.74, 6) is -1.39. The Morgan fingerprint density at radius 3 is 2.39 bits per heavy atom. The zero-order valence-corrected chi connectivity index (χ0v) is 24.1. The maximum absolute atomic E-state index is 14.1.